The van der Waals surface area contributed by atoms with Crippen LogP contribution in [0.5, 0.6) is 0 Å². The van der Waals surface area contributed by atoms with Gasteiger partial charge in [0, 0.05) is 13.0 Å². The van der Waals surface area contributed by atoms with Crippen LogP contribution in [0, 0.1) is 6.92 Å². The maximum absolute atomic E-state index is 11.8. The van der Waals surface area contributed by atoms with Gasteiger partial charge in [-0.2, -0.15) is 0 Å². The molecule has 0 aliphatic carbocycles. The summed E-state index contributed by atoms with van der Waals surface area (Å²) in [6.07, 6.45) is 0.154. The van der Waals surface area contributed by atoms with Gasteiger partial charge in [-0.25, -0.2) is 13.1 Å². The van der Waals surface area contributed by atoms with Crippen molar-refractivity contribution >= 4 is 15.9 Å². The van der Waals surface area contributed by atoms with E-state index in [-0.39, 0.29) is 23.7 Å². The fourth-order valence-corrected chi connectivity index (χ4v) is 2.20. The second-order valence-electron chi connectivity index (χ2n) is 3.55. The van der Waals surface area contributed by atoms with Gasteiger partial charge < -0.3 is 10.9 Å². The van der Waals surface area contributed by atoms with Gasteiger partial charge in [-0.1, -0.05) is 22.9 Å². The number of aryl methyl sites for hydroxylation is 1. The van der Waals surface area contributed by atoms with Crippen LogP contribution in [0.4, 0.5) is 0 Å². The predicted octanol–water partition coefficient (Wildman–Crippen LogP) is 0.410. The highest BCUT2D eigenvalue weighted by Crippen LogP contribution is 2.09. The Kier molecular flexibility index (Phi) is 4.47. The number of benzene rings is 1. The third-order valence-corrected chi connectivity index (χ3v) is 3.61. The third kappa shape index (κ3) is 4.04. The van der Waals surface area contributed by atoms with E-state index in [4.69, 9.17) is 10.9 Å². The van der Waals surface area contributed by atoms with Gasteiger partial charge in [0.15, 0.2) is 0 Å². The SMILES string of the molecule is Cc1ccc(S(=O)(=O)NCCC(N)=NO)cc1. The van der Waals surface area contributed by atoms with Gasteiger partial charge in [0.05, 0.1) is 4.90 Å². The van der Waals surface area contributed by atoms with Gasteiger partial charge in [0.2, 0.25) is 10.0 Å². The lowest BCUT2D eigenvalue weighted by atomic mass is 10.2. The summed E-state index contributed by atoms with van der Waals surface area (Å²) in [5.74, 6) is -0.0170. The fourth-order valence-electron chi connectivity index (χ4n) is 1.16. The number of nitrogens with two attached hydrogens (primary N) is 1. The minimum atomic E-state index is -3.52. The van der Waals surface area contributed by atoms with E-state index >= 15 is 0 Å². The molecule has 4 N–H and O–H groups in total. The Morgan fingerprint density at radius 1 is 1.41 bits per heavy atom. The number of hydrogen-bond donors (Lipinski definition) is 3. The smallest absolute Gasteiger partial charge is 0.240 e. The molecule has 0 aromatic heterocycles. The summed E-state index contributed by atoms with van der Waals surface area (Å²) >= 11 is 0. The van der Waals surface area contributed by atoms with Crippen molar-refractivity contribution in [1.82, 2.24) is 4.72 Å². The number of amidine groups is 1. The summed E-state index contributed by atoms with van der Waals surface area (Å²) in [5, 5.41) is 11.0. The summed E-state index contributed by atoms with van der Waals surface area (Å²) in [6.45, 7) is 1.97. The molecule has 0 heterocycles. The number of hydrogen-bond acceptors (Lipinski definition) is 4. The number of nitrogens with zero attached hydrogens (tertiary/aromatic N) is 1. The number of sulfonamides is 1. The second-order valence-corrected chi connectivity index (χ2v) is 5.32. The van der Waals surface area contributed by atoms with Crippen molar-refractivity contribution in [3.63, 3.8) is 0 Å². The second kappa shape index (κ2) is 5.65. The average Bonchev–Trinajstić information content (AvgIpc) is 2.29. The first kappa shape index (κ1) is 13.5. The Hall–Kier alpha value is -1.60. The quantitative estimate of drug-likeness (QED) is 0.307. The maximum atomic E-state index is 11.8. The normalized spacial score (nSPS) is 12.6. The third-order valence-electron chi connectivity index (χ3n) is 2.13. The highest BCUT2D eigenvalue weighted by molar-refractivity contribution is 7.89. The van der Waals surface area contributed by atoms with Crippen molar-refractivity contribution in [3.8, 4) is 0 Å². The van der Waals surface area contributed by atoms with Gasteiger partial charge in [0.1, 0.15) is 5.84 Å². The van der Waals surface area contributed by atoms with Crippen LogP contribution in [0.2, 0.25) is 0 Å². The molecule has 0 unspecified atom stereocenters. The number of rotatable bonds is 5. The van der Waals surface area contributed by atoms with Crippen molar-refractivity contribution in [3.05, 3.63) is 29.8 Å². The summed E-state index contributed by atoms with van der Waals surface area (Å²) in [6, 6.07) is 6.50. The molecule has 0 spiro atoms. The zero-order valence-electron chi connectivity index (χ0n) is 9.42. The predicted molar refractivity (Wildman–Crippen MR) is 64.4 cm³/mol. The number of nitrogens with one attached hydrogen (secondary N) is 1. The minimum absolute atomic E-state index is 0.0170. The molecule has 94 valence electrons. The molecule has 0 bridgehead atoms. The zero-order valence-corrected chi connectivity index (χ0v) is 10.2. The average molecular weight is 257 g/mol. The topological polar surface area (TPSA) is 105 Å². The molecule has 0 amide bonds. The van der Waals surface area contributed by atoms with E-state index in [2.05, 4.69) is 9.88 Å². The van der Waals surface area contributed by atoms with E-state index in [0.29, 0.717) is 0 Å². The van der Waals surface area contributed by atoms with E-state index in [1.54, 1.807) is 12.1 Å². The molecule has 1 aromatic rings. The standard InChI is InChI=1S/C10H15N3O3S/c1-8-2-4-9(5-3-8)17(15,16)12-7-6-10(11)13-14/h2-5,12,14H,6-7H2,1H3,(H2,11,13). The Labute approximate surface area is 100 Å². The van der Waals surface area contributed by atoms with Crippen molar-refractivity contribution in [2.45, 2.75) is 18.2 Å². The lowest BCUT2D eigenvalue weighted by Gasteiger charge is -2.06. The molecule has 0 saturated carbocycles. The molecule has 7 heteroatoms. The Balaban J connectivity index is 2.66. The molecule has 6 nitrogen and oxygen atoms in total. The lowest BCUT2D eigenvalue weighted by molar-refractivity contribution is 0.317. The molecule has 1 aromatic carbocycles. The van der Waals surface area contributed by atoms with Crippen molar-refractivity contribution in [2.24, 2.45) is 10.9 Å². The van der Waals surface area contributed by atoms with E-state index < -0.39 is 10.0 Å². The Morgan fingerprint density at radius 2 is 2.00 bits per heavy atom. The van der Waals surface area contributed by atoms with Gasteiger partial charge in [-0.15, -0.1) is 0 Å². The van der Waals surface area contributed by atoms with Crippen LogP contribution in [0.1, 0.15) is 12.0 Å². The molecular weight excluding hydrogens is 242 g/mol. The van der Waals surface area contributed by atoms with Gasteiger partial charge in [0.25, 0.3) is 0 Å². The summed E-state index contributed by atoms with van der Waals surface area (Å²) in [4.78, 5) is 0.197. The molecule has 1 rings (SSSR count). The first-order valence-electron chi connectivity index (χ1n) is 4.98. The van der Waals surface area contributed by atoms with Crippen LogP contribution >= 0.6 is 0 Å². The van der Waals surface area contributed by atoms with E-state index in [1.165, 1.54) is 12.1 Å². The number of oxime groups is 1. The Morgan fingerprint density at radius 3 is 2.53 bits per heavy atom. The molecule has 0 atom stereocenters. The van der Waals surface area contributed by atoms with Crippen LogP contribution in [0.15, 0.2) is 34.3 Å². The van der Waals surface area contributed by atoms with E-state index in [9.17, 15) is 8.42 Å². The van der Waals surface area contributed by atoms with Crippen LogP contribution in [0.25, 0.3) is 0 Å². The van der Waals surface area contributed by atoms with E-state index in [0.717, 1.165) is 5.56 Å². The first-order valence-corrected chi connectivity index (χ1v) is 6.47. The van der Waals surface area contributed by atoms with Crippen molar-refractivity contribution in [2.75, 3.05) is 6.54 Å². The Bertz CT molecular complexity index is 494. The van der Waals surface area contributed by atoms with Gasteiger partial charge in [-0.05, 0) is 19.1 Å². The van der Waals surface area contributed by atoms with Crippen LogP contribution in [-0.4, -0.2) is 26.0 Å². The summed E-state index contributed by atoms with van der Waals surface area (Å²) < 4.78 is 25.9. The summed E-state index contributed by atoms with van der Waals surface area (Å²) in [7, 11) is -3.52. The fraction of sp³-hybridized carbons (Fsp3) is 0.300. The van der Waals surface area contributed by atoms with Crippen LogP contribution in [0.3, 0.4) is 0 Å². The lowest BCUT2D eigenvalue weighted by Crippen LogP contribution is -2.28. The van der Waals surface area contributed by atoms with Gasteiger partial charge in [-0.3, -0.25) is 0 Å². The molecule has 0 fully saturated rings. The van der Waals surface area contributed by atoms with Crippen LogP contribution in [-0.2, 0) is 10.0 Å². The van der Waals surface area contributed by atoms with E-state index in [1.807, 2.05) is 6.92 Å². The largest absolute Gasteiger partial charge is 0.409 e. The minimum Gasteiger partial charge on any atom is -0.409 e. The molecule has 0 saturated heterocycles. The molecular formula is C10H15N3O3S. The monoisotopic (exact) mass is 257 g/mol. The molecule has 17 heavy (non-hydrogen) atoms. The van der Waals surface area contributed by atoms with Crippen molar-refractivity contribution < 1.29 is 13.6 Å². The molecule has 0 aliphatic rings. The van der Waals surface area contributed by atoms with Crippen LogP contribution < -0.4 is 10.5 Å². The highest BCUT2D eigenvalue weighted by Gasteiger charge is 2.12. The molecule has 0 aliphatic heterocycles. The zero-order chi connectivity index (χ0) is 12.9. The van der Waals surface area contributed by atoms with Gasteiger partial charge >= 0.3 is 0 Å². The first-order chi connectivity index (χ1) is 7.95. The highest BCUT2D eigenvalue weighted by atomic mass is 32.2. The van der Waals surface area contributed by atoms with Crippen molar-refractivity contribution in [1.29, 1.82) is 0 Å². The molecule has 0 radical (unpaired) electrons. The maximum Gasteiger partial charge on any atom is 0.240 e. The summed E-state index contributed by atoms with van der Waals surface area (Å²) in [5.41, 5.74) is 6.21.